The summed E-state index contributed by atoms with van der Waals surface area (Å²) in [5.41, 5.74) is 0.431. The van der Waals surface area contributed by atoms with Crippen LogP contribution in [0.15, 0.2) is 40.2 Å². The van der Waals surface area contributed by atoms with Gasteiger partial charge in [0.25, 0.3) is 11.5 Å². The number of nitrogens with one attached hydrogen (secondary N) is 1. The van der Waals surface area contributed by atoms with Crippen LogP contribution in [0.3, 0.4) is 0 Å². The first-order valence-electron chi connectivity index (χ1n) is 7.18. The summed E-state index contributed by atoms with van der Waals surface area (Å²) < 4.78 is 2.24. The third kappa shape index (κ3) is 2.58. The molecule has 3 rings (SSSR count). The summed E-state index contributed by atoms with van der Waals surface area (Å²) in [4.78, 5) is 44.6. The quantitative estimate of drug-likeness (QED) is 0.743. The molecule has 0 aliphatic rings. The third-order valence-corrected chi connectivity index (χ3v) is 3.71. The Bertz CT molecular complexity index is 1080. The number of pyridine rings is 2. The molecule has 3 aromatic rings. The van der Waals surface area contributed by atoms with Gasteiger partial charge in [-0.25, -0.2) is 14.8 Å². The average molecular weight is 325 g/mol. The van der Waals surface area contributed by atoms with Crippen LogP contribution in [0.2, 0.25) is 0 Å². The Kier molecular flexibility index (Phi) is 3.72. The molecule has 0 saturated heterocycles. The third-order valence-electron chi connectivity index (χ3n) is 3.71. The summed E-state index contributed by atoms with van der Waals surface area (Å²) in [5.74, 6) is -0.0214. The molecule has 0 aromatic carbocycles. The van der Waals surface area contributed by atoms with Gasteiger partial charge in [-0.2, -0.15) is 0 Å². The lowest BCUT2D eigenvalue weighted by Crippen LogP contribution is -2.37. The molecule has 0 radical (unpaired) electrons. The molecule has 0 aliphatic carbocycles. The zero-order valence-electron chi connectivity index (χ0n) is 13.4. The van der Waals surface area contributed by atoms with E-state index in [0.717, 1.165) is 10.1 Å². The maximum Gasteiger partial charge on any atom is 0.332 e. The standard InChI is InChI=1S/C16H15N5O3/c1-9-4-5-17-12(6-9)19-14(22)10-7-11-13(18-8-10)20(2)16(24)21(3)15(11)23/h4-8H,1-3H3,(H,17,19,22). The number of aromatic nitrogens is 4. The fourth-order valence-electron chi connectivity index (χ4n) is 2.38. The van der Waals surface area contributed by atoms with Crippen LogP contribution < -0.4 is 16.6 Å². The van der Waals surface area contributed by atoms with Gasteiger partial charge < -0.3 is 5.32 Å². The van der Waals surface area contributed by atoms with Crippen LogP contribution in [-0.2, 0) is 14.1 Å². The minimum atomic E-state index is -0.496. The molecule has 8 heteroatoms. The Morgan fingerprint density at radius 2 is 1.88 bits per heavy atom. The second-order valence-corrected chi connectivity index (χ2v) is 5.47. The Morgan fingerprint density at radius 3 is 2.58 bits per heavy atom. The predicted molar refractivity (Wildman–Crippen MR) is 89.2 cm³/mol. The maximum atomic E-state index is 12.3. The zero-order chi connectivity index (χ0) is 17.4. The normalized spacial score (nSPS) is 10.8. The van der Waals surface area contributed by atoms with Gasteiger partial charge in [-0.05, 0) is 30.7 Å². The van der Waals surface area contributed by atoms with Crippen molar-refractivity contribution in [2.75, 3.05) is 5.32 Å². The van der Waals surface area contributed by atoms with E-state index in [2.05, 4.69) is 15.3 Å². The van der Waals surface area contributed by atoms with E-state index in [1.165, 1.54) is 30.9 Å². The van der Waals surface area contributed by atoms with E-state index < -0.39 is 17.2 Å². The first kappa shape index (κ1) is 15.6. The smallest absolute Gasteiger partial charge is 0.307 e. The van der Waals surface area contributed by atoms with Gasteiger partial charge in [0.2, 0.25) is 0 Å². The number of amides is 1. The van der Waals surface area contributed by atoms with Crippen LogP contribution in [0.5, 0.6) is 0 Å². The number of aryl methyl sites for hydroxylation is 2. The Hall–Kier alpha value is -3.29. The molecule has 1 N–H and O–H groups in total. The SMILES string of the molecule is Cc1ccnc(NC(=O)c2cnc3c(c2)c(=O)n(C)c(=O)n3C)c1. The predicted octanol–water partition coefficient (Wildman–Crippen LogP) is 0.588. The summed E-state index contributed by atoms with van der Waals surface area (Å²) in [6.45, 7) is 1.89. The van der Waals surface area contributed by atoms with E-state index in [1.54, 1.807) is 12.3 Å². The van der Waals surface area contributed by atoms with Gasteiger partial charge in [0.1, 0.15) is 11.5 Å². The fraction of sp³-hybridized carbons (Fsp3) is 0.188. The average Bonchev–Trinajstić information content (AvgIpc) is 2.57. The topological polar surface area (TPSA) is 98.9 Å². The van der Waals surface area contributed by atoms with Crippen LogP contribution >= 0.6 is 0 Å². The van der Waals surface area contributed by atoms with Gasteiger partial charge in [-0.15, -0.1) is 0 Å². The molecule has 3 heterocycles. The second-order valence-electron chi connectivity index (χ2n) is 5.47. The molecule has 8 nitrogen and oxygen atoms in total. The van der Waals surface area contributed by atoms with Crippen molar-refractivity contribution in [1.29, 1.82) is 0 Å². The summed E-state index contributed by atoms with van der Waals surface area (Å²) in [6, 6.07) is 4.97. The first-order chi connectivity index (χ1) is 11.4. The van der Waals surface area contributed by atoms with E-state index in [1.807, 2.05) is 13.0 Å². The van der Waals surface area contributed by atoms with Crippen LogP contribution in [0.25, 0.3) is 11.0 Å². The molecule has 0 atom stereocenters. The van der Waals surface area contributed by atoms with Gasteiger partial charge in [-0.1, -0.05) is 0 Å². The van der Waals surface area contributed by atoms with Crippen molar-refractivity contribution in [2.45, 2.75) is 6.92 Å². The zero-order valence-corrected chi connectivity index (χ0v) is 13.4. The van der Waals surface area contributed by atoms with Crippen LogP contribution in [0.1, 0.15) is 15.9 Å². The highest BCUT2D eigenvalue weighted by Gasteiger charge is 2.14. The van der Waals surface area contributed by atoms with Crippen LogP contribution in [0.4, 0.5) is 5.82 Å². The monoisotopic (exact) mass is 325 g/mol. The van der Waals surface area contributed by atoms with E-state index in [-0.39, 0.29) is 16.6 Å². The molecular formula is C16H15N5O3. The number of fused-ring (bicyclic) bond motifs is 1. The van der Waals surface area contributed by atoms with Crippen molar-refractivity contribution >= 4 is 22.8 Å². The molecule has 1 amide bonds. The van der Waals surface area contributed by atoms with Crippen molar-refractivity contribution in [2.24, 2.45) is 14.1 Å². The lowest BCUT2D eigenvalue weighted by atomic mass is 10.2. The molecule has 0 aliphatic heterocycles. The summed E-state index contributed by atoms with van der Waals surface area (Å²) in [7, 11) is 2.90. The first-order valence-corrected chi connectivity index (χ1v) is 7.18. The minimum absolute atomic E-state index is 0.199. The van der Waals surface area contributed by atoms with E-state index in [4.69, 9.17) is 0 Å². The van der Waals surface area contributed by atoms with Gasteiger partial charge in [0.05, 0.1) is 10.9 Å². The molecule has 0 fully saturated rings. The highest BCUT2D eigenvalue weighted by Crippen LogP contribution is 2.11. The number of carbonyl (C=O) groups is 1. The number of rotatable bonds is 2. The van der Waals surface area contributed by atoms with Gasteiger partial charge in [0.15, 0.2) is 0 Å². The molecule has 24 heavy (non-hydrogen) atoms. The largest absolute Gasteiger partial charge is 0.332 e. The molecular weight excluding hydrogens is 310 g/mol. The van der Waals surface area contributed by atoms with Crippen molar-refractivity contribution in [3.63, 3.8) is 0 Å². The van der Waals surface area contributed by atoms with Crippen molar-refractivity contribution < 1.29 is 4.79 Å². The summed E-state index contributed by atoms with van der Waals surface area (Å²) in [5, 5.41) is 2.85. The van der Waals surface area contributed by atoms with Gasteiger partial charge >= 0.3 is 5.69 Å². The lowest BCUT2D eigenvalue weighted by molar-refractivity contribution is 0.102. The Labute approximate surface area is 136 Å². The molecule has 122 valence electrons. The summed E-state index contributed by atoms with van der Waals surface area (Å²) >= 11 is 0. The molecule has 0 spiro atoms. The number of anilines is 1. The second kappa shape index (κ2) is 5.73. The maximum absolute atomic E-state index is 12.3. The van der Waals surface area contributed by atoms with Crippen LogP contribution in [-0.4, -0.2) is 25.0 Å². The highest BCUT2D eigenvalue weighted by atomic mass is 16.2. The van der Waals surface area contributed by atoms with Crippen molar-refractivity contribution in [3.05, 3.63) is 62.6 Å². The fourth-order valence-corrected chi connectivity index (χ4v) is 2.38. The number of nitrogens with zero attached hydrogens (tertiary/aromatic N) is 4. The molecule has 0 bridgehead atoms. The number of carbonyl (C=O) groups excluding carboxylic acids is 1. The van der Waals surface area contributed by atoms with E-state index in [9.17, 15) is 14.4 Å². The summed E-state index contributed by atoms with van der Waals surface area (Å²) in [6.07, 6.45) is 2.92. The van der Waals surface area contributed by atoms with E-state index >= 15 is 0 Å². The minimum Gasteiger partial charge on any atom is -0.307 e. The van der Waals surface area contributed by atoms with Crippen LogP contribution in [0, 0.1) is 6.92 Å². The number of hydrogen-bond acceptors (Lipinski definition) is 5. The van der Waals surface area contributed by atoms with Crippen molar-refractivity contribution in [3.8, 4) is 0 Å². The Balaban J connectivity index is 2.06. The van der Waals surface area contributed by atoms with Gasteiger partial charge in [0, 0.05) is 26.5 Å². The number of hydrogen-bond donors (Lipinski definition) is 1. The molecule has 0 unspecified atom stereocenters. The van der Waals surface area contributed by atoms with E-state index in [0.29, 0.717) is 5.82 Å². The van der Waals surface area contributed by atoms with Gasteiger partial charge in [-0.3, -0.25) is 18.7 Å². The Morgan fingerprint density at radius 1 is 1.12 bits per heavy atom. The highest BCUT2D eigenvalue weighted by molar-refractivity contribution is 6.05. The van der Waals surface area contributed by atoms with Crippen molar-refractivity contribution in [1.82, 2.24) is 19.1 Å². The lowest BCUT2D eigenvalue weighted by Gasteiger charge is -2.08. The molecule has 0 saturated carbocycles. The molecule has 3 aromatic heterocycles.